The maximum Gasteiger partial charge on any atom is 0.250 e. The van der Waals surface area contributed by atoms with Crippen molar-refractivity contribution in [3.05, 3.63) is 58.6 Å². The van der Waals surface area contributed by atoms with Gasteiger partial charge in [-0.05, 0) is 48.5 Å². The molecule has 1 atom stereocenters. The lowest BCUT2D eigenvalue weighted by molar-refractivity contribution is -0.118. The molecular weight excluding hydrogens is 370 g/mol. The molecule has 1 heterocycles. The van der Waals surface area contributed by atoms with Gasteiger partial charge in [0.05, 0.1) is 12.7 Å². The third kappa shape index (κ3) is 5.15. The van der Waals surface area contributed by atoms with E-state index in [-0.39, 0.29) is 25.7 Å². The molecule has 0 aromatic heterocycles. The standard InChI is InChI=1S/C20H20ClNO5/c1-25-17-3-5-18(6-4-17)26-12-16(23)10-22-20(24)14-8-13-9-15(21)2-7-19(13)27-11-14/h2-9,16,23H,10-12H2,1H3,(H,22,24)/t16-/m0/s1. The third-order valence-corrected chi connectivity index (χ3v) is 4.21. The quantitative estimate of drug-likeness (QED) is 0.761. The Morgan fingerprint density at radius 3 is 2.74 bits per heavy atom. The summed E-state index contributed by atoms with van der Waals surface area (Å²) in [7, 11) is 1.59. The molecule has 7 heteroatoms. The summed E-state index contributed by atoms with van der Waals surface area (Å²) in [6, 6.07) is 12.3. The summed E-state index contributed by atoms with van der Waals surface area (Å²) in [4.78, 5) is 12.3. The predicted molar refractivity (Wildman–Crippen MR) is 102 cm³/mol. The second kappa shape index (κ2) is 8.79. The Kier molecular flexibility index (Phi) is 6.21. The van der Waals surface area contributed by atoms with Crippen LogP contribution in [0.2, 0.25) is 5.02 Å². The fourth-order valence-corrected chi connectivity index (χ4v) is 2.71. The number of rotatable bonds is 7. The van der Waals surface area contributed by atoms with Crippen molar-refractivity contribution in [3.8, 4) is 17.2 Å². The van der Waals surface area contributed by atoms with Gasteiger partial charge in [0.25, 0.3) is 5.91 Å². The number of amides is 1. The van der Waals surface area contributed by atoms with Gasteiger partial charge in [-0.2, -0.15) is 0 Å². The lowest BCUT2D eigenvalue weighted by Crippen LogP contribution is -2.37. The molecule has 0 spiro atoms. The highest BCUT2D eigenvalue weighted by atomic mass is 35.5. The van der Waals surface area contributed by atoms with Gasteiger partial charge in [0.1, 0.15) is 36.6 Å². The number of ether oxygens (including phenoxy) is 3. The smallest absolute Gasteiger partial charge is 0.250 e. The van der Waals surface area contributed by atoms with E-state index in [0.717, 1.165) is 11.3 Å². The summed E-state index contributed by atoms with van der Waals surface area (Å²) in [5, 5.41) is 13.3. The van der Waals surface area contributed by atoms with E-state index in [2.05, 4.69) is 5.32 Å². The second-order valence-electron chi connectivity index (χ2n) is 5.99. The van der Waals surface area contributed by atoms with Crippen molar-refractivity contribution < 1.29 is 24.1 Å². The van der Waals surface area contributed by atoms with Crippen LogP contribution in [0.25, 0.3) is 6.08 Å². The maximum absolute atomic E-state index is 12.3. The largest absolute Gasteiger partial charge is 0.497 e. The number of benzene rings is 2. The monoisotopic (exact) mass is 389 g/mol. The highest BCUT2D eigenvalue weighted by Gasteiger charge is 2.18. The molecule has 1 amide bonds. The van der Waals surface area contributed by atoms with Gasteiger partial charge in [-0.15, -0.1) is 0 Å². The van der Waals surface area contributed by atoms with E-state index >= 15 is 0 Å². The van der Waals surface area contributed by atoms with Gasteiger partial charge in [0, 0.05) is 17.1 Å². The number of methoxy groups -OCH3 is 1. The summed E-state index contributed by atoms with van der Waals surface area (Å²) in [5.74, 6) is 1.71. The Balaban J connectivity index is 1.48. The van der Waals surface area contributed by atoms with Gasteiger partial charge < -0.3 is 24.6 Å². The van der Waals surface area contributed by atoms with Gasteiger partial charge in [-0.25, -0.2) is 0 Å². The van der Waals surface area contributed by atoms with Gasteiger partial charge in [0.2, 0.25) is 0 Å². The molecule has 142 valence electrons. The van der Waals surface area contributed by atoms with Crippen molar-refractivity contribution in [3.63, 3.8) is 0 Å². The molecule has 0 radical (unpaired) electrons. The van der Waals surface area contributed by atoms with Crippen LogP contribution in [0.15, 0.2) is 48.0 Å². The lowest BCUT2D eigenvalue weighted by Gasteiger charge is -2.19. The first kappa shape index (κ1) is 19.1. The van der Waals surface area contributed by atoms with Crippen molar-refractivity contribution >= 4 is 23.6 Å². The van der Waals surface area contributed by atoms with E-state index in [9.17, 15) is 9.90 Å². The van der Waals surface area contributed by atoms with E-state index in [1.807, 2.05) is 0 Å². The van der Waals surface area contributed by atoms with Crippen LogP contribution in [0.3, 0.4) is 0 Å². The van der Waals surface area contributed by atoms with Crippen LogP contribution in [-0.2, 0) is 4.79 Å². The summed E-state index contributed by atoms with van der Waals surface area (Å²) in [6.45, 7) is 0.286. The maximum atomic E-state index is 12.3. The van der Waals surface area contributed by atoms with E-state index in [0.29, 0.717) is 22.1 Å². The normalized spacial score (nSPS) is 13.7. The van der Waals surface area contributed by atoms with E-state index < -0.39 is 6.10 Å². The van der Waals surface area contributed by atoms with Crippen LogP contribution in [0, 0.1) is 0 Å². The van der Waals surface area contributed by atoms with Crippen LogP contribution in [0.4, 0.5) is 0 Å². The molecule has 2 aromatic rings. The number of carbonyl (C=O) groups is 1. The van der Waals surface area contributed by atoms with Crippen molar-refractivity contribution in [2.45, 2.75) is 6.10 Å². The highest BCUT2D eigenvalue weighted by Crippen LogP contribution is 2.28. The zero-order valence-corrected chi connectivity index (χ0v) is 15.5. The number of hydrogen-bond donors (Lipinski definition) is 2. The molecule has 1 aliphatic rings. The Labute approximate surface area is 162 Å². The molecule has 2 aromatic carbocycles. The average Bonchev–Trinajstić information content (AvgIpc) is 2.70. The van der Waals surface area contributed by atoms with Crippen LogP contribution < -0.4 is 19.5 Å². The number of halogens is 1. The highest BCUT2D eigenvalue weighted by molar-refractivity contribution is 6.30. The summed E-state index contributed by atoms with van der Waals surface area (Å²) in [6.07, 6.45) is 0.892. The van der Waals surface area contributed by atoms with Gasteiger partial charge in [-0.3, -0.25) is 4.79 Å². The van der Waals surface area contributed by atoms with E-state index in [1.54, 1.807) is 55.7 Å². The van der Waals surface area contributed by atoms with Gasteiger partial charge in [-0.1, -0.05) is 11.6 Å². The molecule has 0 fully saturated rings. The molecule has 27 heavy (non-hydrogen) atoms. The van der Waals surface area contributed by atoms with Crippen LogP contribution in [0.1, 0.15) is 5.56 Å². The first-order valence-corrected chi connectivity index (χ1v) is 8.79. The molecule has 1 aliphatic heterocycles. The fourth-order valence-electron chi connectivity index (χ4n) is 2.53. The number of aliphatic hydroxyl groups excluding tert-OH is 1. The molecule has 2 N–H and O–H groups in total. The molecule has 6 nitrogen and oxygen atoms in total. The SMILES string of the molecule is COc1ccc(OC[C@@H](O)CNC(=O)C2=Cc3cc(Cl)ccc3OC2)cc1. The molecule has 0 saturated carbocycles. The topological polar surface area (TPSA) is 77.0 Å². The predicted octanol–water partition coefficient (Wildman–Crippen LogP) is 2.68. The van der Waals surface area contributed by atoms with Gasteiger partial charge >= 0.3 is 0 Å². The third-order valence-electron chi connectivity index (χ3n) is 3.98. The molecule has 0 aliphatic carbocycles. The van der Waals surface area contributed by atoms with E-state index in [4.69, 9.17) is 25.8 Å². The molecule has 0 saturated heterocycles. The number of carbonyl (C=O) groups excluding carboxylic acids is 1. The molecule has 0 bridgehead atoms. The Hall–Kier alpha value is -2.70. The lowest BCUT2D eigenvalue weighted by atomic mass is 10.1. The molecule has 3 rings (SSSR count). The number of hydrogen-bond acceptors (Lipinski definition) is 5. The fraction of sp³-hybridized carbons (Fsp3) is 0.250. The van der Waals surface area contributed by atoms with Crippen molar-refractivity contribution in [1.82, 2.24) is 5.32 Å². The zero-order chi connectivity index (χ0) is 19.2. The van der Waals surface area contributed by atoms with Gasteiger partial charge in [0.15, 0.2) is 0 Å². The zero-order valence-electron chi connectivity index (χ0n) is 14.8. The molecular formula is C20H20ClNO5. The second-order valence-corrected chi connectivity index (χ2v) is 6.43. The van der Waals surface area contributed by atoms with Crippen LogP contribution in [-0.4, -0.2) is 44.0 Å². The number of fused-ring (bicyclic) bond motifs is 1. The summed E-state index contributed by atoms with van der Waals surface area (Å²) in [5.41, 5.74) is 1.22. The van der Waals surface area contributed by atoms with Crippen LogP contribution in [0.5, 0.6) is 17.2 Å². The Morgan fingerprint density at radius 1 is 1.26 bits per heavy atom. The first-order chi connectivity index (χ1) is 13.0. The van der Waals surface area contributed by atoms with Crippen molar-refractivity contribution in [1.29, 1.82) is 0 Å². The minimum Gasteiger partial charge on any atom is -0.497 e. The number of nitrogens with one attached hydrogen (secondary N) is 1. The van der Waals surface area contributed by atoms with Crippen molar-refractivity contribution in [2.24, 2.45) is 0 Å². The number of aliphatic hydroxyl groups is 1. The summed E-state index contributed by atoms with van der Waals surface area (Å²) < 4.78 is 16.1. The average molecular weight is 390 g/mol. The van der Waals surface area contributed by atoms with E-state index in [1.165, 1.54) is 0 Å². The first-order valence-electron chi connectivity index (χ1n) is 8.41. The minimum atomic E-state index is -0.845. The summed E-state index contributed by atoms with van der Waals surface area (Å²) >= 11 is 5.97. The Morgan fingerprint density at radius 2 is 2.00 bits per heavy atom. The minimum absolute atomic E-state index is 0.0561. The van der Waals surface area contributed by atoms with Crippen molar-refractivity contribution in [2.75, 3.05) is 26.9 Å². The Bertz CT molecular complexity index is 835. The molecule has 0 unspecified atom stereocenters. The van der Waals surface area contributed by atoms with Crippen LogP contribution >= 0.6 is 11.6 Å².